The number of likely N-dealkylation sites (tertiary alicyclic amines) is 1. The summed E-state index contributed by atoms with van der Waals surface area (Å²) in [7, 11) is 0. The van der Waals surface area contributed by atoms with Crippen LogP contribution in [-0.2, 0) is 23.9 Å². The molecule has 1 aromatic carbocycles. The Hall–Kier alpha value is -3.05. The number of carbonyl (C=O) groups is 3. The Morgan fingerprint density at radius 1 is 1.09 bits per heavy atom. The Kier molecular flexibility index (Phi) is 10.7. The van der Waals surface area contributed by atoms with E-state index in [9.17, 15) is 19.5 Å². The van der Waals surface area contributed by atoms with Crippen molar-refractivity contribution in [1.29, 1.82) is 0 Å². The fraction of sp³-hybridized carbons (Fsp3) is 0.639. The van der Waals surface area contributed by atoms with Crippen LogP contribution in [0.4, 0.5) is 5.69 Å². The summed E-state index contributed by atoms with van der Waals surface area (Å²) in [5.41, 5.74) is -1.34. The average molecular weight is 637 g/mol. The van der Waals surface area contributed by atoms with Gasteiger partial charge in [0, 0.05) is 45.0 Å². The van der Waals surface area contributed by atoms with Crippen molar-refractivity contribution in [2.45, 2.75) is 69.7 Å². The highest BCUT2D eigenvalue weighted by molar-refractivity contribution is 6.03. The summed E-state index contributed by atoms with van der Waals surface area (Å²) in [5.74, 6) is -2.38. The van der Waals surface area contributed by atoms with Crippen LogP contribution in [0.5, 0.6) is 0 Å². The highest BCUT2D eigenvalue weighted by Gasteiger charge is 2.79. The second-order valence-electron chi connectivity index (χ2n) is 13.3. The van der Waals surface area contributed by atoms with Gasteiger partial charge in [0.05, 0.1) is 43.3 Å². The Bertz CT molecular complexity index is 1270. The van der Waals surface area contributed by atoms with Gasteiger partial charge in [-0.1, -0.05) is 57.5 Å². The van der Waals surface area contributed by atoms with Crippen molar-refractivity contribution in [1.82, 2.24) is 14.7 Å². The molecule has 4 aliphatic rings. The van der Waals surface area contributed by atoms with Crippen molar-refractivity contribution in [3.8, 4) is 0 Å². The number of rotatable bonds is 15. The molecule has 252 valence electrons. The molecule has 1 spiro atoms. The molecule has 1 aromatic rings. The van der Waals surface area contributed by atoms with Crippen molar-refractivity contribution in [2.24, 2.45) is 17.8 Å². The molecule has 0 radical (unpaired) electrons. The van der Waals surface area contributed by atoms with Crippen LogP contribution in [-0.4, -0.2) is 120 Å². The van der Waals surface area contributed by atoms with Gasteiger partial charge in [0.15, 0.2) is 0 Å². The van der Waals surface area contributed by atoms with Crippen LogP contribution in [0, 0.1) is 17.8 Å². The molecule has 10 heteroatoms. The maximum Gasteiger partial charge on any atom is 0.248 e. The summed E-state index contributed by atoms with van der Waals surface area (Å²) in [6, 6.07) is 7.87. The fourth-order valence-corrected chi connectivity index (χ4v) is 8.42. The molecule has 2 unspecified atom stereocenters. The van der Waals surface area contributed by atoms with E-state index in [1.165, 1.54) is 0 Å². The standard InChI is InChI=1S/C36H52N4O6/c1-6-17-38(20-19-37-21-23-45-24-22-37)34(44)31-36-16-15-35(9-4,46-36)29(30(36)33(43)40(31)28(25-41)26(5)8-3)32(42)39(18-7-2)27-13-11-10-12-14-27/h6-7,10-14,26,28-31,41H,1-2,8-9,15-25H2,3-5H3/t26-,28-,29+,30-,31?,35-,36?/m0/s1. The summed E-state index contributed by atoms with van der Waals surface area (Å²) in [6.07, 6.45) is 5.71. The minimum atomic E-state index is -1.18. The monoisotopic (exact) mass is 636 g/mol. The minimum absolute atomic E-state index is 0.0752. The predicted octanol–water partition coefficient (Wildman–Crippen LogP) is 3.11. The number of aliphatic hydroxyl groups excluding tert-OH is 1. The average Bonchev–Trinajstić information content (AvgIpc) is 3.69. The molecule has 4 saturated heterocycles. The molecule has 0 aliphatic carbocycles. The number of carbonyl (C=O) groups excluding carboxylic acids is 3. The van der Waals surface area contributed by atoms with Crippen molar-refractivity contribution in [2.75, 3.05) is 64.0 Å². The topological polar surface area (TPSA) is 103 Å². The lowest BCUT2D eigenvalue weighted by Crippen LogP contribution is -2.60. The van der Waals surface area contributed by atoms with Crippen molar-refractivity contribution >= 4 is 23.4 Å². The van der Waals surface area contributed by atoms with Gasteiger partial charge in [-0.3, -0.25) is 19.3 Å². The predicted molar refractivity (Wildman–Crippen MR) is 177 cm³/mol. The van der Waals surface area contributed by atoms with Gasteiger partial charge in [-0.2, -0.15) is 0 Å². The van der Waals surface area contributed by atoms with E-state index in [1.54, 1.807) is 26.9 Å². The van der Waals surface area contributed by atoms with Gasteiger partial charge in [0.2, 0.25) is 17.7 Å². The van der Waals surface area contributed by atoms with Gasteiger partial charge in [-0.25, -0.2) is 0 Å². The number of morpholine rings is 1. The quantitative estimate of drug-likeness (QED) is 0.295. The first-order valence-corrected chi connectivity index (χ1v) is 17.0. The summed E-state index contributed by atoms with van der Waals surface area (Å²) in [5, 5.41) is 10.7. The van der Waals surface area contributed by atoms with E-state index in [4.69, 9.17) is 9.47 Å². The smallest absolute Gasteiger partial charge is 0.248 e. The van der Waals surface area contributed by atoms with E-state index in [1.807, 2.05) is 51.1 Å². The Morgan fingerprint density at radius 3 is 2.39 bits per heavy atom. The van der Waals surface area contributed by atoms with E-state index < -0.39 is 35.1 Å². The SMILES string of the molecule is C=CCN(CCN1CCOCC1)C(=O)C1N([C@@H](CO)[C@@H](C)CC)C(=O)[C@@H]2[C@H](C(=O)N(CC=C)c3ccccc3)[C@]3(CC)CCC12O3. The van der Waals surface area contributed by atoms with Crippen LogP contribution in [0.15, 0.2) is 55.6 Å². The van der Waals surface area contributed by atoms with Crippen molar-refractivity contribution < 1.29 is 29.0 Å². The maximum absolute atomic E-state index is 14.9. The molecule has 4 heterocycles. The number of fused-ring (bicyclic) bond motifs is 1. The van der Waals surface area contributed by atoms with Gasteiger partial charge in [0.1, 0.15) is 11.6 Å². The van der Waals surface area contributed by atoms with E-state index in [0.29, 0.717) is 58.5 Å². The molecule has 5 rings (SSSR count). The lowest BCUT2D eigenvalue weighted by molar-refractivity contribution is -0.157. The Balaban J connectivity index is 1.58. The number of para-hydroxylation sites is 1. The molecule has 46 heavy (non-hydrogen) atoms. The number of nitrogens with zero attached hydrogens (tertiary/aromatic N) is 4. The summed E-state index contributed by atoms with van der Waals surface area (Å²) < 4.78 is 12.6. The first-order chi connectivity index (χ1) is 22.2. The third-order valence-corrected chi connectivity index (χ3v) is 11.1. The van der Waals surface area contributed by atoms with Gasteiger partial charge in [0.25, 0.3) is 0 Å². The van der Waals surface area contributed by atoms with Crippen LogP contribution in [0.2, 0.25) is 0 Å². The first kappa shape index (κ1) is 34.3. The summed E-state index contributed by atoms with van der Waals surface area (Å²) in [4.78, 5) is 51.9. The lowest BCUT2D eigenvalue weighted by atomic mass is 9.64. The number of amides is 3. The first-order valence-electron chi connectivity index (χ1n) is 17.0. The molecule has 0 saturated carbocycles. The van der Waals surface area contributed by atoms with E-state index in [-0.39, 0.29) is 36.8 Å². The minimum Gasteiger partial charge on any atom is -0.394 e. The summed E-state index contributed by atoms with van der Waals surface area (Å²) >= 11 is 0. The maximum atomic E-state index is 14.9. The second-order valence-corrected chi connectivity index (χ2v) is 13.3. The van der Waals surface area contributed by atoms with Gasteiger partial charge in [-0.05, 0) is 37.3 Å². The number of aliphatic hydroxyl groups is 1. The molecule has 0 aromatic heterocycles. The van der Waals surface area contributed by atoms with E-state index >= 15 is 0 Å². The van der Waals surface area contributed by atoms with E-state index in [0.717, 1.165) is 18.8 Å². The zero-order valence-electron chi connectivity index (χ0n) is 27.8. The van der Waals surface area contributed by atoms with Crippen molar-refractivity contribution in [3.05, 3.63) is 55.6 Å². The Morgan fingerprint density at radius 2 is 1.78 bits per heavy atom. The van der Waals surface area contributed by atoms with Crippen LogP contribution in [0.25, 0.3) is 0 Å². The molecule has 2 bridgehead atoms. The lowest BCUT2D eigenvalue weighted by Gasteiger charge is -2.41. The summed E-state index contributed by atoms with van der Waals surface area (Å²) in [6.45, 7) is 18.2. The molecule has 4 aliphatic heterocycles. The zero-order valence-corrected chi connectivity index (χ0v) is 27.8. The number of benzene rings is 1. The number of anilines is 1. The normalized spacial score (nSPS) is 30.1. The molecule has 10 nitrogen and oxygen atoms in total. The van der Waals surface area contributed by atoms with Crippen LogP contribution in [0.1, 0.15) is 46.5 Å². The molecule has 1 N–H and O–H groups in total. The van der Waals surface area contributed by atoms with Crippen LogP contribution < -0.4 is 4.90 Å². The Labute approximate surface area is 274 Å². The third-order valence-electron chi connectivity index (χ3n) is 11.1. The van der Waals surface area contributed by atoms with E-state index in [2.05, 4.69) is 18.1 Å². The van der Waals surface area contributed by atoms with Gasteiger partial charge < -0.3 is 29.3 Å². The molecular weight excluding hydrogens is 584 g/mol. The number of hydrogen-bond donors (Lipinski definition) is 1. The molecular formula is C36H52N4O6. The van der Waals surface area contributed by atoms with Crippen LogP contribution in [0.3, 0.4) is 0 Å². The number of ether oxygens (including phenoxy) is 2. The molecule has 4 fully saturated rings. The number of hydrogen-bond acceptors (Lipinski definition) is 7. The largest absolute Gasteiger partial charge is 0.394 e. The van der Waals surface area contributed by atoms with Gasteiger partial charge >= 0.3 is 0 Å². The third kappa shape index (κ3) is 5.82. The van der Waals surface area contributed by atoms with Crippen LogP contribution >= 0.6 is 0 Å². The molecule has 3 amide bonds. The second kappa shape index (κ2) is 14.4. The fourth-order valence-electron chi connectivity index (χ4n) is 8.42. The van der Waals surface area contributed by atoms with Crippen molar-refractivity contribution in [3.63, 3.8) is 0 Å². The zero-order chi connectivity index (χ0) is 33.1. The molecule has 7 atom stereocenters. The highest BCUT2D eigenvalue weighted by atomic mass is 16.5. The van der Waals surface area contributed by atoms with Gasteiger partial charge in [-0.15, -0.1) is 13.2 Å². The highest BCUT2D eigenvalue weighted by Crippen LogP contribution is 2.65.